The summed E-state index contributed by atoms with van der Waals surface area (Å²) < 4.78 is 13.9. The molecule has 0 saturated heterocycles. The molecule has 1 aromatic heterocycles. The van der Waals surface area contributed by atoms with Crippen molar-refractivity contribution in [2.75, 3.05) is 17.2 Å². The third kappa shape index (κ3) is 4.54. The minimum absolute atomic E-state index is 0.142. The van der Waals surface area contributed by atoms with Gasteiger partial charge in [-0.3, -0.25) is 0 Å². The number of hydrogen-bond donors (Lipinski definition) is 3. The van der Waals surface area contributed by atoms with Crippen LogP contribution in [0.3, 0.4) is 0 Å². The maximum Gasteiger partial charge on any atom is 0.224 e. The van der Waals surface area contributed by atoms with E-state index in [-0.39, 0.29) is 23.4 Å². The van der Waals surface area contributed by atoms with Crippen LogP contribution >= 0.6 is 0 Å². The molecule has 162 valence electrons. The minimum Gasteiger partial charge on any atom is -0.393 e. The zero-order valence-corrected chi connectivity index (χ0v) is 18.0. The molecule has 7 heteroatoms. The first-order chi connectivity index (χ1) is 14.9. The van der Waals surface area contributed by atoms with Crippen molar-refractivity contribution >= 4 is 17.3 Å². The van der Waals surface area contributed by atoms with Crippen LogP contribution in [0.4, 0.5) is 16.2 Å². The van der Waals surface area contributed by atoms with Crippen LogP contribution in [0, 0.1) is 22.6 Å². The van der Waals surface area contributed by atoms with Gasteiger partial charge in [-0.05, 0) is 60.3 Å². The van der Waals surface area contributed by atoms with E-state index in [0.717, 1.165) is 42.4 Å². The molecule has 2 aliphatic rings. The number of aliphatic hydroxyl groups excluding tert-OH is 1. The van der Waals surface area contributed by atoms with E-state index < -0.39 is 0 Å². The fourth-order valence-electron chi connectivity index (χ4n) is 4.55. The number of anilines is 2. The van der Waals surface area contributed by atoms with Crippen molar-refractivity contribution in [2.45, 2.75) is 58.1 Å². The zero-order valence-electron chi connectivity index (χ0n) is 18.0. The number of hydrogen-bond acceptors (Lipinski definition) is 6. The number of nitrogens with one attached hydrogen (secondary N) is 2. The van der Waals surface area contributed by atoms with Crippen molar-refractivity contribution in [2.24, 2.45) is 5.41 Å². The van der Waals surface area contributed by atoms with Crippen LogP contribution in [0.25, 0.3) is 5.57 Å². The monoisotopic (exact) mass is 421 g/mol. The van der Waals surface area contributed by atoms with Crippen LogP contribution in [-0.2, 0) is 6.42 Å². The Balaban J connectivity index is 1.39. The maximum atomic E-state index is 13.9. The Bertz CT molecular complexity index is 1040. The minimum atomic E-state index is -0.313. The zero-order chi connectivity index (χ0) is 22.0. The number of nitrogens with zero attached hydrogens (tertiary/aromatic N) is 3. The van der Waals surface area contributed by atoms with Crippen LogP contribution in [0.5, 0.6) is 0 Å². The van der Waals surface area contributed by atoms with E-state index in [0.29, 0.717) is 30.3 Å². The van der Waals surface area contributed by atoms with Crippen LogP contribution in [0.15, 0.2) is 30.5 Å². The summed E-state index contributed by atoms with van der Waals surface area (Å²) in [5.74, 6) is 0.820. The Labute approximate surface area is 182 Å². The second-order valence-electron chi connectivity index (χ2n) is 9.07. The first kappa shape index (κ1) is 21.3. The predicted octanol–water partition coefficient (Wildman–Crippen LogP) is 4.28. The molecule has 1 saturated carbocycles. The van der Waals surface area contributed by atoms with Crippen LogP contribution in [0.1, 0.15) is 56.2 Å². The lowest BCUT2D eigenvalue weighted by Crippen LogP contribution is -2.41. The number of allylic oxidation sites excluding steroid dienone is 1. The van der Waals surface area contributed by atoms with Gasteiger partial charge in [-0.25, -0.2) is 9.37 Å². The highest BCUT2D eigenvalue weighted by Gasteiger charge is 2.36. The Morgan fingerprint density at radius 3 is 2.94 bits per heavy atom. The maximum absolute atomic E-state index is 13.9. The highest BCUT2D eigenvalue weighted by molar-refractivity contribution is 5.73. The van der Waals surface area contributed by atoms with Crippen LogP contribution in [0.2, 0.25) is 0 Å². The summed E-state index contributed by atoms with van der Waals surface area (Å²) in [5.41, 5.74) is 3.09. The molecule has 2 atom stereocenters. The van der Waals surface area contributed by atoms with Gasteiger partial charge < -0.3 is 15.7 Å². The Hall–Kier alpha value is -2.98. The van der Waals surface area contributed by atoms with Gasteiger partial charge >= 0.3 is 0 Å². The van der Waals surface area contributed by atoms with E-state index in [9.17, 15) is 14.8 Å². The first-order valence-corrected chi connectivity index (χ1v) is 10.8. The Kier molecular flexibility index (Phi) is 5.92. The third-order valence-electron chi connectivity index (χ3n) is 6.41. The SMILES string of the molecule is CC1(C)C[C@H](Nc2nc(NCCC3=CCc4c(F)cccc43)ncc2C#N)CC[C@@H]1O. The summed E-state index contributed by atoms with van der Waals surface area (Å²) in [6.45, 7) is 4.73. The number of aromatic nitrogens is 2. The summed E-state index contributed by atoms with van der Waals surface area (Å²) in [6, 6.07) is 7.50. The van der Waals surface area contributed by atoms with Crippen molar-refractivity contribution in [1.82, 2.24) is 9.97 Å². The molecule has 1 aromatic carbocycles. The average molecular weight is 422 g/mol. The van der Waals surface area contributed by atoms with Crippen molar-refractivity contribution in [3.05, 3.63) is 53.0 Å². The molecule has 0 radical (unpaired) electrons. The molecule has 6 nitrogen and oxygen atoms in total. The van der Waals surface area contributed by atoms with E-state index in [4.69, 9.17) is 0 Å². The van der Waals surface area contributed by atoms with Gasteiger partial charge in [0.1, 0.15) is 23.3 Å². The smallest absolute Gasteiger partial charge is 0.224 e. The van der Waals surface area contributed by atoms with Crippen molar-refractivity contribution in [3.8, 4) is 6.07 Å². The second-order valence-corrected chi connectivity index (χ2v) is 9.07. The standard InChI is InChI=1S/C24H28FN5O/c1-24(2)12-17(7-9-21(24)31)29-22-16(13-26)14-28-23(30-22)27-11-10-15-6-8-19-18(15)4-3-5-20(19)25/h3-6,14,17,21,31H,7-12H2,1-2H3,(H2,27,28,29,30)/t17-,21+/m1/s1. The highest BCUT2D eigenvalue weighted by atomic mass is 19.1. The van der Waals surface area contributed by atoms with Gasteiger partial charge in [0.25, 0.3) is 0 Å². The molecule has 0 unspecified atom stereocenters. The van der Waals surface area contributed by atoms with Gasteiger partial charge in [0.15, 0.2) is 0 Å². The van der Waals surface area contributed by atoms with Crippen molar-refractivity contribution in [3.63, 3.8) is 0 Å². The number of halogens is 1. The van der Waals surface area contributed by atoms with Gasteiger partial charge in [0.05, 0.1) is 12.3 Å². The van der Waals surface area contributed by atoms with Gasteiger partial charge in [-0.1, -0.05) is 32.1 Å². The lowest BCUT2D eigenvalue weighted by Gasteiger charge is -2.40. The van der Waals surface area contributed by atoms with Crippen molar-refractivity contribution < 1.29 is 9.50 Å². The topological polar surface area (TPSA) is 93.9 Å². The quantitative estimate of drug-likeness (QED) is 0.645. The first-order valence-electron chi connectivity index (χ1n) is 10.8. The molecule has 31 heavy (non-hydrogen) atoms. The Morgan fingerprint density at radius 2 is 2.16 bits per heavy atom. The number of nitriles is 1. The Morgan fingerprint density at radius 1 is 1.32 bits per heavy atom. The van der Waals surface area contributed by atoms with E-state index >= 15 is 0 Å². The molecule has 1 heterocycles. The fraction of sp³-hybridized carbons (Fsp3) is 0.458. The summed E-state index contributed by atoms with van der Waals surface area (Å²) in [7, 11) is 0. The number of fused-ring (bicyclic) bond motifs is 1. The second kappa shape index (κ2) is 8.64. The van der Waals surface area contributed by atoms with E-state index in [1.54, 1.807) is 6.07 Å². The molecule has 0 spiro atoms. The summed E-state index contributed by atoms with van der Waals surface area (Å²) in [4.78, 5) is 8.79. The molecule has 2 aliphatic carbocycles. The third-order valence-corrected chi connectivity index (χ3v) is 6.41. The van der Waals surface area contributed by atoms with Gasteiger partial charge in [-0.2, -0.15) is 10.2 Å². The summed E-state index contributed by atoms with van der Waals surface area (Å²) in [6.07, 6.45) is 7.00. The highest BCUT2D eigenvalue weighted by Crippen LogP contribution is 2.37. The van der Waals surface area contributed by atoms with Crippen LogP contribution < -0.4 is 10.6 Å². The van der Waals surface area contributed by atoms with E-state index in [2.05, 4.69) is 46.6 Å². The molecular weight excluding hydrogens is 393 g/mol. The lowest BCUT2D eigenvalue weighted by atomic mass is 9.73. The van der Waals surface area contributed by atoms with E-state index in [1.807, 2.05) is 6.07 Å². The molecule has 4 rings (SSSR count). The van der Waals surface area contributed by atoms with Gasteiger partial charge in [0, 0.05) is 12.6 Å². The molecule has 1 fully saturated rings. The molecular formula is C24H28FN5O. The summed E-state index contributed by atoms with van der Waals surface area (Å²) in [5, 5.41) is 26.3. The number of benzene rings is 1. The molecule has 0 bridgehead atoms. The number of aliphatic hydroxyl groups is 1. The van der Waals surface area contributed by atoms with Crippen LogP contribution in [-0.4, -0.2) is 33.8 Å². The largest absolute Gasteiger partial charge is 0.393 e. The number of rotatable bonds is 6. The van der Waals surface area contributed by atoms with Gasteiger partial charge in [-0.15, -0.1) is 0 Å². The average Bonchev–Trinajstić information content (AvgIpc) is 3.15. The molecule has 0 amide bonds. The fourth-order valence-corrected chi connectivity index (χ4v) is 4.55. The molecule has 3 N–H and O–H groups in total. The van der Waals surface area contributed by atoms with Crippen molar-refractivity contribution in [1.29, 1.82) is 5.26 Å². The van der Waals surface area contributed by atoms with E-state index in [1.165, 1.54) is 12.3 Å². The van der Waals surface area contributed by atoms with Gasteiger partial charge in [0.2, 0.25) is 5.95 Å². The normalized spacial score (nSPS) is 21.7. The molecule has 2 aromatic rings. The predicted molar refractivity (Wildman–Crippen MR) is 119 cm³/mol. The summed E-state index contributed by atoms with van der Waals surface area (Å²) >= 11 is 0. The molecule has 0 aliphatic heterocycles. The lowest BCUT2D eigenvalue weighted by molar-refractivity contribution is 0.00926.